The van der Waals surface area contributed by atoms with E-state index in [-0.39, 0.29) is 5.91 Å². The standard InChI is InChI=1S/C18H14N4OS2/c1-22(10-12-9-19-13-5-2-3-6-14(13)20-12)18(23)15-11-25-17(21-15)16-7-4-8-24-16/h2-9,11H,10H2,1H3. The molecule has 0 spiro atoms. The van der Waals surface area contributed by atoms with Crippen LogP contribution in [0.2, 0.25) is 0 Å². The van der Waals surface area contributed by atoms with E-state index in [4.69, 9.17) is 0 Å². The fourth-order valence-corrected chi connectivity index (χ4v) is 4.08. The van der Waals surface area contributed by atoms with E-state index in [2.05, 4.69) is 15.0 Å². The average Bonchev–Trinajstić information content (AvgIpc) is 3.32. The quantitative estimate of drug-likeness (QED) is 0.546. The molecule has 25 heavy (non-hydrogen) atoms. The summed E-state index contributed by atoms with van der Waals surface area (Å²) in [4.78, 5) is 28.7. The van der Waals surface area contributed by atoms with Crippen LogP contribution in [0.4, 0.5) is 0 Å². The highest BCUT2D eigenvalue weighted by atomic mass is 32.1. The van der Waals surface area contributed by atoms with Gasteiger partial charge in [0.05, 0.1) is 34.3 Å². The molecule has 5 nitrogen and oxygen atoms in total. The van der Waals surface area contributed by atoms with Crippen molar-refractivity contribution in [3.63, 3.8) is 0 Å². The predicted octanol–water partition coefficient (Wildman–Crippen LogP) is 4.09. The molecule has 0 saturated carbocycles. The molecule has 124 valence electrons. The number of nitrogens with zero attached hydrogens (tertiary/aromatic N) is 4. The maximum absolute atomic E-state index is 12.6. The summed E-state index contributed by atoms with van der Waals surface area (Å²) in [5.74, 6) is -0.117. The molecular formula is C18H14N4OS2. The Hall–Kier alpha value is -2.64. The summed E-state index contributed by atoms with van der Waals surface area (Å²) in [7, 11) is 1.75. The van der Waals surface area contributed by atoms with Gasteiger partial charge in [0.15, 0.2) is 0 Å². The topological polar surface area (TPSA) is 59.0 Å². The molecule has 0 N–H and O–H groups in total. The van der Waals surface area contributed by atoms with Crippen molar-refractivity contribution in [1.82, 2.24) is 19.9 Å². The van der Waals surface area contributed by atoms with Crippen molar-refractivity contribution in [2.75, 3.05) is 7.05 Å². The van der Waals surface area contributed by atoms with Gasteiger partial charge in [0.1, 0.15) is 10.7 Å². The largest absolute Gasteiger partial charge is 0.334 e. The lowest BCUT2D eigenvalue weighted by Gasteiger charge is -2.15. The SMILES string of the molecule is CN(Cc1cnc2ccccc2n1)C(=O)c1csc(-c2cccs2)n1. The molecule has 0 aliphatic heterocycles. The maximum atomic E-state index is 12.6. The molecule has 0 atom stereocenters. The number of carbonyl (C=O) groups excluding carboxylic acids is 1. The van der Waals surface area contributed by atoms with Gasteiger partial charge in [-0.3, -0.25) is 9.78 Å². The number of benzene rings is 1. The highest BCUT2D eigenvalue weighted by Gasteiger charge is 2.17. The smallest absolute Gasteiger partial charge is 0.273 e. The first-order valence-corrected chi connectivity index (χ1v) is 9.42. The minimum Gasteiger partial charge on any atom is -0.334 e. The van der Waals surface area contributed by atoms with Gasteiger partial charge in [0.2, 0.25) is 0 Å². The van der Waals surface area contributed by atoms with E-state index in [1.165, 1.54) is 11.3 Å². The Labute approximate surface area is 152 Å². The van der Waals surface area contributed by atoms with Gasteiger partial charge in [-0.25, -0.2) is 9.97 Å². The van der Waals surface area contributed by atoms with Gasteiger partial charge in [-0.05, 0) is 23.6 Å². The number of carbonyl (C=O) groups is 1. The van der Waals surface area contributed by atoms with E-state index < -0.39 is 0 Å². The lowest BCUT2D eigenvalue weighted by Crippen LogP contribution is -2.27. The Bertz CT molecular complexity index is 1030. The lowest BCUT2D eigenvalue weighted by atomic mass is 10.3. The fourth-order valence-electron chi connectivity index (χ4n) is 2.47. The monoisotopic (exact) mass is 366 g/mol. The Balaban J connectivity index is 1.51. The second-order valence-corrected chi connectivity index (χ2v) is 7.33. The Kier molecular flexibility index (Phi) is 4.25. The van der Waals surface area contributed by atoms with Crippen LogP contribution in [0.25, 0.3) is 20.9 Å². The van der Waals surface area contributed by atoms with Crippen molar-refractivity contribution in [2.45, 2.75) is 6.54 Å². The van der Waals surface area contributed by atoms with E-state index in [0.717, 1.165) is 26.6 Å². The molecule has 0 saturated heterocycles. The fraction of sp³-hybridized carbons (Fsp3) is 0.111. The van der Waals surface area contributed by atoms with Crippen molar-refractivity contribution < 1.29 is 4.79 Å². The van der Waals surface area contributed by atoms with Gasteiger partial charge >= 0.3 is 0 Å². The highest BCUT2D eigenvalue weighted by Crippen LogP contribution is 2.28. The van der Waals surface area contributed by atoms with Gasteiger partial charge in [-0.15, -0.1) is 22.7 Å². The molecule has 1 aromatic carbocycles. The molecule has 0 aliphatic carbocycles. The minimum atomic E-state index is -0.117. The summed E-state index contributed by atoms with van der Waals surface area (Å²) in [6.07, 6.45) is 1.71. The summed E-state index contributed by atoms with van der Waals surface area (Å²) in [5, 5.41) is 4.68. The number of fused-ring (bicyclic) bond motifs is 1. The van der Waals surface area contributed by atoms with Crippen LogP contribution in [-0.2, 0) is 6.54 Å². The zero-order valence-corrected chi connectivity index (χ0v) is 15.0. The normalized spacial score (nSPS) is 10.9. The first kappa shape index (κ1) is 15.9. The first-order chi connectivity index (χ1) is 12.2. The van der Waals surface area contributed by atoms with Gasteiger partial charge in [0, 0.05) is 12.4 Å². The van der Waals surface area contributed by atoms with Gasteiger partial charge in [0.25, 0.3) is 5.91 Å². The van der Waals surface area contributed by atoms with E-state index in [1.807, 2.05) is 41.8 Å². The zero-order valence-electron chi connectivity index (χ0n) is 13.4. The van der Waals surface area contributed by atoms with Crippen molar-refractivity contribution in [3.05, 3.63) is 64.7 Å². The molecule has 4 aromatic rings. The Morgan fingerprint density at radius 2 is 1.92 bits per heavy atom. The molecule has 0 unspecified atom stereocenters. The Morgan fingerprint density at radius 3 is 2.72 bits per heavy atom. The number of hydrogen-bond acceptors (Lipinski definition) is 6. The summed E-state index contributed by atoms with van der Waals surface area (Å²) in [6.45, 7) is 0.391. The van der Waals surface area contributed by atoms with Crippen LogP contribution in [0.15, 0.2) is 53.4 Å². The number of hydrogen-bond donors (Lipinski definition) is 0. The van der Waals surface area contributed by atoms with Crippen LogP contribution in [0.5, 0.6) is 0 Å². The average molecular weight is 366 g/mol. The number of thiazole rings is 1. The Morgan fingerprint density at radius 1 is 1.08 bits per heavy atom. The van der Waals surface area contributed by atoms with Crippen LogP contribution < -0.4 is 0 Å². The van der Waals surface area contributed by atoms with E-state index in [9.17, 15) is 4.79 Å². The van der Waals surface area contributed by atoms with Crippen LogP contribution >= 0.6 is 22.7 Å². The molecule has 3 heterocycles. The molecular weight excluding hydrogens is 352 g/mol. The zero-order chi connectivity index (χ0) is 17.2. The number of thiophene rings is 1. The molecule has 0 fully saturated rings. The van der Waals surface area contributed by atoms with Gasteiger partial charge < -0.3 is 4.90 Å². The summed E-state index contributed by atoms with van der Waals surface area (Å²) >= 11 is 3.10. The van der Waals surface area contributed by atoms with Crippen LogP contribution in [0.3, 0.4) is 0 Å². The van der Waals surface area contributed by atoms with Gasteiger partial charge in [-0.2, -0.15) is 0 Å². The van der Waals surface area contributed by atoms with Crippen molar-refractivity contribution >= 4 is 39.6 Å². The van der Waals surface area contributed by atoms with Crippen molar-refractivity contribution in [3.8, 4) is 9.88 Å². The third-order valence-corrected chi connectivity index (χ3v) is 5.58. The third kappa shape index (κ3) is 3.29. The number of para-hydroxylation sites is 2. The van der Waals surface area contributed by atoms with Crippen molar-refractivity contribution in [1.29, 1.82) is 0 Å². The van der Waals surface area contributed by atoms with E-state index in [1.54, 1.807) is 34.9 Å². The first-order valence-electron chi connectivity index (χ1n) is 7.66. The highest BCUT2D eigenvalue weighted by molar-refractivity contribution is 7.20. The third-order valence-electron chi connectivity index (χ3n) is 3.70. The van der Waals surface area contributed by atoms with Crippen LogP contribution in [-0.4, -0.2) is 32.8 Å². The molecule has 0 radical (unpaired) electrons. The maximum Gasteiger partial charge on any atom is 0.273 e. The minimum absolute atomic E-state index is 0.117. The van der Waals surface area contributed by atoms with E-state index in [0.29, 0.717) is 12.2 Å². The van der Waals surface area contributed by atoms with Crippen molar-refractivity contribution in [2.24, 2.45) is 0 Å². The number of rotatable bonds is 4. The van der Waals surface area contributed by atoms with Crippen LogP contribution in [0.1, 0.15) is 16.2 Å². The second kappa shape index (κ2) is 6.70. The molecule has 4 rings (SSSR count). The van der Waals surface area contributed by atoms with Gasteiger partial charge in [-0.1, -0.05) is 18.2 Å². The lowest BCUT2D eigenvalue weighted by molar-refractivity contribution is 0.0778. The number of aromatic nitrogens is 3. The summed E-state index contributed by atoms with van der Waals surface area (Å²) in [5.41, 5.74) is 2.89. The van der Waals surface area contributed by atoms with Crippen LogP contribution in [0, 0.1) is 0 Å². The molecule has 0 bridgehead atoms. The molecule has 3 aromatic heterocycles. The molecule has 1 amide bonds. The summed E-state index contributed by atoms with van der Waals surface area (Å²) in [6, 6.07) is 11.7. The second-order valence-electron chi connectivity index (χ2n) is 5.53. The predicted molar refractivity (Wildman–Crippen MR) is 101 cm³/mol. The molecule has 7 heteroatoms. The summed E-state index contributed by atoms with van der Waals surface area (Å²) < 4.78 is 0. The molecule has 0 aliphatic rings. The van der Waals surface area contributed by atoms with E-state index >= 15 is 0 Å². The number of amides is 1.